The standard InChI is InChI=1S/C66H56N2/c1-49-34-40-57(46-51(49)3)65(55-22-9-5-10-23-55)32-17-20-53-36-42-61(43-37-53)67(59-26-13-7-14-27-59)63-30-19-31-64(48-63)68(60-28-15-8-16-29-60)62-44-38-54(39-45-62)21-18-33-66(56-24-11-6-12-25-56)58-41-35-50(2)52(4)47-58/h5-48H,1-4H3. The van der Waals surface area contributed by atoms with Crippen LogP contribution < -0.4 is 9.80 Å². The number of nitrogens with zero attached hydrogens (tertiary/aromatic N) is 2. The molecule has 9 aromatic carbocycles. The van der Waals surface area contributed by atoms with Gasteiger partial charge in [0.1, 0.15) is 0 Å². The van der Waals surface area contributed by atoms with Crippen LogP contribution in [0.15, 0.2) is 255 Å². The van der Waals surface area contributed by atoms with Gasteiger partial charge in [0, 0.05) is 34.1 Å². The van der Waals surface area contributed by atoms with E-state index in [9.17, 15) is 0 Å². The molecular weight excluding hydrogens is 821 g/mol. The summed E-state index contributed by atoms with van der Waals surface area (Å²) < 4.78 is 0. The lowest BCUT2D eigenvalue weighted by Crippen LogP contribution is -2.13. The van der Waals surface area contributed by atoms with Gasteiger partial charge in [0.05, 0.1) is 0 Å². The molecule has 0 unspecified atom stereocenters. The molecule has 0 saturated carbocycles. The first kappa shape index (κ1) is 44.7. The van der Waals surface area contributed by atoms with Crippen molar-refractivity contribution in [3.8, 4) is 0 Å². The molecule has 0 aromatic heterocycles. The smallest absolute Gasteiger partial charge is 0.0482 e. The van der Waals surface area contributed by atoms with E-state index < -0.39 is 0 Å². The van der Waals surface area contributed by atoms with E-state index in [-0.39, 0.29) is 0 Å². The minimum atomic E-state index is 1.06. The number of hydrogen-bond acceptors (Lipinski definition) is 2. The Morgan fingerprint density at radius 3 is 0.985 bits per heavy atom. The lowest BCUT2D eigenvalue weighted by atomic mass is 9.94. The van der Waals surface area contributed by atoms with Crippen LogP contribution in [0.5, 0.6) is 0 Å². The lowest BCUT2D eigenvalue weighted by molar-refractivity contribution is 1.25. The summed E-state index contributed by atoms with van der Waals surface area (Å²) in [7, 11) is 0. The minimum absolute atomic E-state index is 1.06. The van der Waals surface area contributed by atoms with Crippen molar-refractivity contribution in [1.82, 2.24) is 0 Å². The van der Waals surface area contributed by atoms with Gasteiger partial charge in [-0.3, -0.25) is 0 Å². The van der Waals surface area contributed by atoms with Crippen LogP contribution in [0.3, 0.4) is 0 Å². The van der Waals surface area contributed by atoms with Crippen LogP contribution in [0.4, 0.5) is 34.1 Å². The summed E-state index contributed by atoms with van der Waals surface area (Å²) in [5.41, 5.74) is 21.1. The van der Waals surface area contributed by atoms with Crippen LogP contribution in [0, 0.1) is 27.7 Å². The zero-order valence-corrected chi connectivity index (χ0v) is 39.3. The highest BCUT2D eigenvalue weighted by atomic mass is 15.2. The number of allylic oxidation sites excluding steroid dienone is 4. The maximum atomic E-state index is 2.33. The molecule has 0 spiro atoms. The molecule has 0 saturated heterocycles. The molecule has 2 nitrogen and oxygen atoms in total. The molecular formula is C66H56N2. The summed E-state index contributed by atoms with van der Waals surface area (Å²) >= 11 is 0. The molecule has 0 bridgehead atoms. The molecule has 0 aliphatic carbocycles. The summed E-state index contributed by atoms with van der Waals surface area (Å²) in [6.45, 7) is 8.69. The monoisotopic (exact) mass is 876 g/mol. The summed E-state index contributed by atoms with van der Waals surface area (Å²) in [4.78, 5) is 4.66. The van der Waals surface area contributed by atoms with Gasteiger partial charge in [-0.2, -0.15) is 0 Å². The normalized spacial score (nSPS) is 11.9. The Labute approximate surface area is 403 Å². The number of rotatable bonds is 14. The van der Waals surface area contributed by atoms with Gasteiger partial charge in [-0.25, -0.2) is 0 Å². The van der Waals surface area contributed by atoms with Crippen LogP contribution in [0.25, 0.3) is 23.3 Å². The summed E-state index contributed by atoms with van der Waals surface area (Å²) in [5.74, 6) is 0. The van der Waals surface area contributed by atoms with Gasteiger partial charge in [-0.15, -0.1) is 0 Å². The highest BCUT2D eigenvalue weighted by Crippen LogP contribution is 2.40. The average molecular weight is 877 g/mol. The van der Waals surface area contributed by atoms with Crippen LogP contribution in [-0.2, 0) is 0 Å². The Morgan fingerprint density at radius 1 is 0.279 bits per heavy atom. The quantitative estimate of drug-likeness (QED) is 0.100. The fourth-order valence-corrected chi connectivity index (χ4v) is 8.57. The van der Waals surface area contributed by atoms with Gasteiger partial charge in [-0.05, 0) is 161 Å². The minimum Gasteiger partial charge on any atom is -0.310 e. The highest BCUT2D eigenvalue weighted by molar-refractivity contribution is 5.85. The second-order valence-corrected chi connectivity index (χ2v) is 17.3. The SMILES string of the molecule is Cc1ccc(C(=CC=Cc2ccc(N(c3ccccc3)c3cccc(N(c4ccccc4)c4ccc(C=CC=C(c5ccccc5)c5ccc(C)c(C)c5)cc4)c3)cc2)c2ccccc2)cc1C. The third kappa shape index (κ3) is 10.6. The van der Waals surface area contributed by atoms with Crippen molar-refractivity contribution >= 4 is 57.4 Å². The van der Waals surface area contributed by atoms with Gasteiger partial charge in [0.2, 0.25) is 0 Å². The van der Waals surface area contributed by atoms with E-state index >= 15 is 0 Å². The molecule has 0 aliphatic heterocycles. The predicted octanol–water partition coefficient (Wildman–Crippen LogP) is 18.2. The first-order valence-corrected chi connectivity index (χ1v) is 23.4. The maximum Gasteiger partial charge on any atom is 0.0482 e. The first-order valence-electron chi connectivity index (χ1n) is 23.4. The van der Waals surface area contributed by atoms with E-state index in [4.69, 9.17) is 0 Å². The zero-order valence-electron chi connectivity index (χ0n) is 39.3. The van der Waals surface area contributed by atoms with Crippen molar-refractivity contribution in [2.24, 2.45) is 0 Å². The molecule has 0 fully saturated rings. The second-order valence-electron chi connectivity index (χ2n) is 17.3. The van der Waals surface area contributed by atoms with Crippen molar-refractivity contribution in [3.63, 3.8) is 0 Å². The Balaban J connectivity index is 1.01. The van der Waals surface area contributed by atoms with E-state index in [1.54, 1.807) is 0 Å². The van der Waals surface area contributed by atoms with Crippen LogP contribution in [0.2, 0.25) is 0 Å². The van der Waals surface area contributed by atoms with Crippen LogP contribution in [-0.4, -0.2) is 0 Å². The number of hydrogen-bond donors (Lipinski definition) is 0. The maximum absolute atomic E-state index is 2.33. The molecule has 68 heavy (non-hydrogen) atoms. The van der Waals surface area contributed by atoms with E-state index in [1.807, 2.05) is 0 Å². The fraction of sp³-hybridized carbons (Fsp3) is 0.0606. The Kier molecular flexibility index (Phi) is 14.0. The fourth-order valence-electron chi connectivity index (χ4n) is 8.57. The number of aryl methyl sites for hydroxylation is 4. The summed E-state index contributed by atoms with van der Waals surface area (Å²) in [6.07, 6.45) is 13.2. The van der Waals surface area contributed by atoms with Crippen LogP contribution in [0.1, 0.15) is 55.6 Å². The lowest BCUT2D eigenvalue weighted by Gasteiger charge is -2.29. The zero-order chi connectivity index (χ0) is 46.7. The largest absolute Gasteiger partial charge is 0.310 e. The van der Waals surface area contributed by atoms with Gasteiger partial charge >= 0.3 is 0 Å². The Morgan fingerprint density at radius 2 is 0.618 bits per heavy atom. The molecule has 2 heteroatoms. The van der Waals surface area contributed by atoms with E-state index in [0.29, 0.717) is 0 Å². The Bertz CT molecular complexity index is 3000. The molecule has 0 N–H and O–H groups in total. The highest BCUT2D eigenvalue weighted by Gasteiger charge is 2.17. The number of benzene rings is 9. The van der Waals surface area contributed by atoms with Crippen molar-refractivity contribution in [3.05, 3.63) is 310 Å². The molecule has 0 amide bonds. The van der Waals surface area contributed by atoms with Crippen molar-refractivity contribution in [2.45, 2.75) is 27.7 Å². The average Bonchev–Trinajstić information content (AvgIpc) is 3.38. The van der Waals surface area contributed by atoms with Gasteiger partial charge in [0.15, 0.2) is 0 Å². The molecule has 0 heterocycles. The summed E-state index contributed by atoms with van der Waals surface area (Å²) in [5, 5.41) is 0. The van der Waals surface area contributed by atoms with Crippen molar-refractivity contribution in [1.29, 1.82) is 0 Å². The number of para-hydroxylation sites is 2. The molecule has 330 valence electrons. The predicted molar refractivity (Wildman–Crippen MR) is 293 cm³/mol. The topological polar surface area (TPSA) is 6.48 Å². The molecule has 0 radical (unpaired) electrons. The van der Waals surface area contributed by atoms with Crippen molar-refractivity contribution in [2.75, 3.05) is 9.80 Å². The Hall–Kier alpha value is -8.46. The summed E-state index contributed by atoms with van der Waals surface area (Å²) in [6, 6.07) is 82.4. The molecule has 9 aromatic rings. The van der Waals surface area contributed by atoms with Gasteiger partial charge in [0.25, 0.3) is 0 Å². The second kappa shape index (κ2) is 21.2. The van der Waals surface area contributed by atoms with Crippen LogP contribution >= 0.6 is 0 Å². The van der Waals surface area contributed by atoms with Gasteiger partial charge in [-0.1, -0.05) is 200 Å². The molecule has 0 atom stereocenters. The van der Waals surface area contributed by atoms with Crippen molar-refractivity contribution < 1.29 is 0 Å². The molecule has 0 aliphatic rings. The van der Waals surface area contributed by atoms with E-state index in [1.165, 1.54) is 55.7 Å². The number of anilines is 6. The van der Waals surface area contributed by atoms with E-state index in [0.717, 1.165) is 45.3 Å². The first-order chi connectivity index (χ1) is 33.4. The van der Waals surface area contributed by atoms with Gasteiger partial charge < -0.3 is 9.80 Å². The third-order valence-corrected chi connectivity index (χ3v) is 12.6. The van der Waals surface area contributed by atoms with E-state index in [2.05, 4.69) is 304 Å². The molecule has 9 rings (SSSR count). The third-order valence-electron chi connectivity index (χ3n) is 12.6.